The molecule has 1 aromatic heterocycles. The minimum Gasteiger partial charge on any atom is -0.361 e. The topological polar surface area (TPSA) is 40.6 Å². The standard InChI is InChI=1S/C20H15Cl5N2O2S2/c21-13-3-1-12(2-4-13)17-11-26(31(28,29)18-10-19(24)30-20(18)25)7-8-27(17)16-6-5-14(22)9-15(16)23/h1-6,9-10,17H,7-8,11H2. The molecule has 1 atom stereocenters. The van der Waals surface area contributed by atoms with Crippen LogP contribution in [0.3, 0.4) is 0 Å². The number of anilines is 1. The highest BCUT2D eigenvalue weighted by Crippen LogP contribution is 2.40. The van der Waals surface area contributed by atoms with Gasteiger partial charge in [-0.15, -0.1) is 11.3 Å². The lowest BCUT2D eigenvalue weighted by Gasteiger charge is -2.42. The van der Waals surface area contributed by atoms with Crippen molar-refractivity contribution >= 4 is 85.1 Å². The fourth-order valence-corrected chi connectivity index (χ4v) is 7.78. The van der Waals surface area contributed by atoms with Gasteiger partial charge in [0.2, 0.25) is 10.0 Å². The highest BCUT2D eigenvalue weighted by molar-refractivity contribution is 7.89. The number of halogens is 5. The van der Waals surface area contributed by atoms with Crippen LogP contribution < -0.4 is 4.90 Å². The highest BCUT2D eigenvalue weighted by Gasteiger charge is 2.37. The maximum absolute atomic E-state index is 13.3. The number of hydrogen-bond acceptors (Lipinski definition) is 4. The monoisotopic (exact) mass is 554 g/mol. The van der Waals surface area contributed by atoms with Crippen molar-refractivity contribution in [1.29, 1.82) is 0 Å². The third-order valence-electron chi connectivity index (χ3n) is 5.06. The van der Waals surface area contributed by atoms with E-state index in [2.05, 4.69) is 4.90 Å². The van der Waals surface area contributed by atoms with Gasteiger partial charge in [-0.05, 0) is 42.0 Å². The Morgan fingerprint density at radius 3 is 2.16 bits per heavy atom. The average molecular weight is 557 g/mol. The summed E-state index contributed by atoms with van der Waals surface area (Å²) >= 11 is 31.8. The number of thiophene rings is 1. The molecule has 0 radical (unpaired) electrons. The Morgan fingerprint density at radius 1 is 0.871 bits per heavy atom. The predicted octanol–water partition coefficient (Wildman–Crippen LogP) is 7.27. The molecule has 31 heavy (non-hydrogen) atoms. The van der Waals surface area contributed by atoms with E-state index in [0.29, 0.717) is 25.9 Å². The smallest absolute Gasteiger partial charge is 0.245 e. The van der Waals surface area contributed by atoms with Gasteiger partial charge in [-0.25, -0.2) is 8.42 Å². The highest BCUT2D eigenvalue weighted by atomic mass is 35.5. The van der Waals surface area contributed by atoms with Crippen LogP contribution in [0.1, 0.15) is 11.6 Å². The molecule has 1 fully saturated rings. The van der Waals surface area contributed by atoms with Gasteiger partial charge in [0.1, 0.15) is 9.23 Å². The number of piperazine rings is 1. The molecule has 1 saturated heterocycles. The normalized spacial score (nSPS) is 17.8. The minimum absolute atomic E-state index is 0.0250. The summed E-state index contributed by atoms with van der Waals surface area (Å²) in [4.78, 5) is 2.10. The van der Waals surface area contributed by atoms with Crippen LogP contribution in [0.2, 0.25) is 23.7 Å². The fourth-order valence-electron chi connectivity index (χ4n) is 3.59. The average Bonchev–Trinajstić information content (AvgIpc) is 3.07. The Morgan fingerprint density at radius 2 is 1.55 bits per heavy atom. The predicted molar refractivity (Wildman–Crippen MR) is 131 cm³/mol. The molecule has 0 amide bonds. The van der Waals surface area contributed by atoms with E-state index in [9.17, 15) is 8.42 Å². The first-order valence-electron chi connectivity index (χ1n) is 9.09. The molecule has 0 N–H and O–H groups in total. The summed E-state index contributed by atoms with van der Waals surface area (Å²) in [6.45, 7) is 0.880. The molecule has 3 aromatic rings. The van der Waals surface area contributed by atoms with Gasteiger partial charge in [-0.3, -0.25) is 0 Å². The van der Waals surface area contributed by atoms with Crippen LogP contribution in [0.25, 0.3) is 0 Å². The van der Waals surface area contributed by atoms with Crippen molar-refractivity contribution < 1.29 is 8.42 Å². The quantitative estimate of drug-likeness (QED) is 0.339. The zero-order valence-electron chi connectivity index (χ0n) is 15.7. The molecule has 4 rings (SSSR count). The summed E-state index contributed by atoms with van der Waals surface area (Å²) in [5.74, 6) is 0. The van der Waals surface area contributed by atoms with Gasteiger partial charge in [-0.2, -0.15) is 4.31 Å². The largest absolute Gasteiger partial charge is 0.361 e. The fraction of sp³-hybridized carbons (Fsp3) is 0.200. The maximum atomic E-state index is 13.3. The SMILES string of the molecule is O=S(=O)(c1cc(Cl)sc1Cl)N1CCN(c2ccc(Cl)cc2Cl)C(c2ccc(Cl)cc2)C1. The summed E-state index contributed by atoms with van der Waals surface area (Å²) in [5.41, 5.74) is 1.68. The summed E-state index contributed by atoms with van der Waals surface area (Å²) in [6, 6.07) is 13.7. The second kappa shape index (κ2) is 9.27. The number of nitrogens with zero attached hydrogens (tertiary/aromatic N) is 2. The molecule has 164 valence electrons. The molecule has 1 unspecified atom stereocenters. The lowest BCUT2D eigenvalue weighted by atomic mass is 10.0. The van der Waals surface area contributed by atoms with Crippen molar-refractivity contribution in [2.75, 3.05) is 24.5 Å². The lowest BCUT2D eigenvalue weighted by molar-refractivity contribution is 0.336. The molecule has 0 aliphatic carbocycles. The van der Waals surface area contributed by atoms with Crippen LogP contribution in [0.4, 0.5) is 5.69 Å². The van der Waals surface area contributed by atoms with E-state index in [4.69, 9.17) is 58.0 Å². The van der Waals surface area contributed by atoms with E-state index in [1.54, 1.807) is 24.3 Å². The minimum atomic E-state index is -3.82. The molecule has 2 heterocycles. The maximum Gasteiger partial charge on any atom is 0.245 e. The van der Waals surface area contributed by atoms with Crippen LogP contribution >= 0.6 is 69.3 Å². The number of benzene rings is 2. The van der Waals surface area contributed by atoms with Crippen molar-refractivity contribution in [2.45, 2.75) is 10.9 Å². The van der Waals surface area contributed by atoms with Gasteiger partial charge in [-0.1, -0.05) is 70.1 Å². The summed E-state index contributed by atoms with van der Waals surface area (Å²) in [7, 11) is -3.82. The molecule has 0 spiro atoms. The van der Waals surface area contributed by atoms with Crippen LogP contribution in [0.15, 0.2) is 53.4 Å². The number of sulfonamides is 1. The van der Waals surface area contributed by atoms with Crippen molar-refractivity contribution in [3.8, 4) is 0 Å². The Hall–Kier alpha value is -0.700. The van der Waals surface area contributed by atoms with Crippen molar-refractivity contribution in [3.63, 3.8) is 0 Å². The van der Waals surface area contributed by atoms with E-state index in [0.717, 1.165) is 22.6 Å². The molecular formula is C20H15Cl5N2O2S2. The van der Waals surface area contributed by atoms with Gasteiger partial charge in [0.15, 0.2) is 0 Å². The molecule has 1 aliphatic rings. The van der Waals surface area contributed by atoms with E-state index in [1.165, 1.54) is 10.4 Å². The summed E-state index contributed by atoms with van der Waals surface area (Å²) < 4.78 is 28.5. The second-order valence-electron chi connectivity index (χ2n) is 6.91. The van der Waals surface area contributed by atoms with Crippen LogP contribution in [-0.4, -0.2) is 32.4 Å². The lowest BCUT2D eigenvalue weighted by Crippen LogP contribution is -2.50. The van der Waals surface area contributed by atoms with Gasteiger partial charge in [0, 0.05) is 29.7 Å². The van der Waals surface area contributed by atoms with Gasteiger partial charge >= 0.3 is 0 Å². The number of rotatable bonds is 4. The Bertz CT molecular complexity index is 1210. The van der Waals surface area contributed by atoms with E-state index >= 15 is 0 Å². The van der Waals surface area contributed by atoms with Gasteiger partial charge < -0.3 is 4.90 Å². The van der Waals surface area contributed by atoms with Crippen molar-refractivity contribution in [3.05, 3.63) is 77.8 Å². The molecule has 4 nitrogen and oxygen atoms in total. The first kappa shape index (κ1) is 23.5. The van der Waals surface area contributed by atoms with Crippen LogP contribution in [0.5, 0.6) is 0 Å². The number of hydrogen-bond donors (Lipinski definition) is 0. The first-order chi connectivity index (χ1) is 14.7. The third kappa shape index (κ3) is 4.82. The van der Waals surface area contributed by atoms with Gasteiger partial charge in [0.25, 0.3) is 0 Å². The third-order valence-corrected chi connectivity index (χ3v) is 9.47. The summed E-state index contributed by atoms with van der Waals surface area (Å²) in [6.07, 6.45) is 0. The van der Waals surface area contributed by atoms with E-state index in [-0.39, 0.29) is 28.4 Å². The summed E-state index contributed by atoms with van der Waals surface area (Å²) in [5, 5.41) is 1.62. The first-order valence-corrected chi connectivity index (χ1v) is 13.2. The molecule has 11 heteroatoms. The Balaban J connectivity index is 1.73. The van der Waals surface area contributed by atoms with Gasteiger partial charge in [0.05, 0.1) is 21.1 Å². The zero-order chi connectivity index (χ0) is 22.3. The molecule has 0 saturated carbocycles. The van der Waals surface area contributed by atoms with Crippen molar-refractivity contribution in [1.82, 2.24) is 4.31 Å². The Labute approximate surface area is 209 Å². The molecular weight excluding hydrogens is 542 g/mol. The Kier molecular flexibility index (Phi) is 7.02. The van der Waals surface area contributed by atoms with E-state index < -0.39 is 10.0 Å². The van der Waals surface area contributed by atoms with Crippen molar-refractivity contribution in [2.24, 2.45) is 0 Å². The van der Waals surface area contributed by atoms with Crippen LogP contribution in [0, 0.1) is 0 Å². The second-order valence-corrected chi connectivity index (χ2v) is 12.4. The van der Waals surface area contributed by atoms with Crippen LogP contribution in [-0.2, 0) is 10.0 Å². The molecule has 0 bridgehead atoms. The van der Waals surface area contributed by atoms with E-state index in [1.807, 2.05) is 18.2 Å². The zero-order valence-corrected chi connectivity index (χ0v) is 21.1. The molecule has 1 aliphatic heterocycles. The molecule has 2 aromatic carbocycles.